The third-order valence-corrected chi connectivity index (χ3v) is 4.28. The highest BCUT2D eigenvalue weighted by Gasteiger charge is 2.25. The Hall–Kier alpha value is -3.15. The number of aromatic carboxylic acids is 1. The summed E-state index contributed by atoms with van der Waals surface area (Å²) in [6.07, 6.45) is 1.97. The SMILES string of the molecule is CN(CC(=O)NC1CC1)C(=O)c1ccccc1-c1ccccc1C(=O)O. The summed E-state index contributed by atoms with van der Waals surface area (Å²) in [5.74, 6) is -1.57. The molecule has 0 unspecified atom stereocenters. The maximum Gasteiger partial charge on any atom is 0.336 e. The first-order valence-corrected chi connectivity index (χ1v) is 8.44. The standard InChI is InChI=1S/C20H20N2O4/c1-22(12-18(23)21-13-10-11-13)19(24)16-8-4-2-6-14(16)15-7-3-5-9-17(15)20(25)26/h2-9,13H,10-12H2,1H3,(H,21,23)(H,25,26). The fourth-order valence-electron chi connectivity index (χ4n) is 2.80. The third kappa shape index (κ3) is 3.91. The quantitative estimate of drug-likeness (QED) is 0.836. The van der Waals surface area contributed by atoms with Crippen LogP contribution in [0.3, 0.4) is 0 Å². The monoisotopic (exact) mass is 352 g/mol. The minimum absolute atomic E-state index is 0.0375. The van der Waals surface area contributed by atoms with Crippen LogP contribution in [0.15, 0.2) is 48.5 Å². The maximum atomic E-state index is 12.9. The van der Waals surface area contributed by atoms with Crippen molar-refractivity contribution in [3.8, 4) is 11.1 Å². The van der Waals surface area contributed by atoms with Crippen molar-refractivity contribution in [3.63, 3.8) is 0 Å². The molecule has 2 N–H and O–H groups in total. The van der Waals surface area contributed by atoms with Gasteiger partial charge in [-0.2, -0.15) is 0 Å². The number of carboxylic acid groups (broad SMARTS) is 1. The van der Waals surface area contributed by atoms with Crippen molar-refractivity contribution in [1.82, 2.24) is 10.2 Å². The smallest absolute Gasteiger partial charge is 0.336 e. The Morgan fingerprint density at radius 1 is 1.00 bits per heavy atom. The van der Waals surface area contributed by atoms with Crippen molar-refractivity contribution in [1.29, 1.82) is 0 Å². The summed E-state index contributed by atoms with van der Waals surface area (Å²) in [5, 5.41) is 12.3. The van der Waals surface area contributed by atoms with Crippen LogP contribution in [0.25, 0.3) is 11.1 Å². The average molecular weight is 352 g/mol. The minimum Gasteiger partial charge on any atom is -0.478 e. The number of likely N-dealkylation sites (N-methyl/N-ethyl adjacent to an activating group) is 1. The van der Waals surface area contributed by atoms with Crippen LogP contribution in [0.5, 0.6) is 0 Å². The first-order valence-electron chi connectivity index (χ1n) is 8.44. The summed E-state index contributed by atoms with van der Waals surface area (Å²) >= 11 is 0. The molecule has 1 fully saturated rings. The largest absolute Gasteiger partial charge is 0.478 e. The molecule has 3 rings (SSSR count). The van der Waals surface area contributed by atoms with Crippen LogP contribution in [0.4, 0.5) is 0 Å². The average Bonchev–Trinajstić information content (AvgIpc) is 3.44. The molecule has 0 aromatic heterocycles. The molecule has 6 nitrogen and oxygen atoms in total. The van der Waals surface area contributed by atoms with E-state index < -0.39 is 5.97 Å². The molecule has 0 heterocycles. The van der Waals surface area contributed by atoms with E-state index in [0.717, 1.165) is 12.8 Å². The van der Waals surface area contributed by atoms with Gasteiger partial charge in [0.25, 0.3) is 5.91 Å². The summed E-state index contributed by atoms with van der Waals surface area (Å²) in [5.41, 5.74) is 1.49. The molecule has 0 spiro atoms. The fraction of sp³-hybridized carbons (Fsp3) is 0.250. The van der Waals surface area contributed by atoms with E-state index in [2.05, 4.69) is 5.32 Å². The van der Waals surface area contributed by atoms with Crippen LogP contribution in [-0.2, 0) is 4.79 Å². The number of rotatable bonds is 6. The molecule has 1 aliphatic rings. The summed E-state index contributed by atoms with van der Waals surface area (Å²) in [6.45, 7) is -0.0375. The molecule has 134 valence electrons. The lowest BCUT2D eigenvalue weighted by atomic mass is 9.95. The maximum absolute atomic E-state index is 12.9. The summed E-state index contributed by atoms with van der Waals surface area (Å²) in [7, 11) is 1.56. The van der Waals surface area contributed by atoms with Gasteiger partial charge < -0.3 is 15.3 Å². The molecular weight excluding hydrogens is 332 g/mol. The first-order chi connectivity index (χ1) is 12.5. The zero-order chi connectivity index (χ0) is 18.7. The molecule has 2 amide bonds. The van der Waals surface area contributed by atoms with Gasteiger partial charge in [-0.1, -0.05) is 36.4 Å². The summed E-state index contributed by atoms with van der Waals surface area (Å²) < 4.78 is 0. The number of nitrogens with zero attached hydrogens (tertiary/aromatic N) is 1. The van der Waals surface area contributed by atoms with Crippen LogP contribution in [-0.4, -0.2) is 47.4 Å². The van der Waals surface area contributed by atoms with E-state index >= 15 is 0 Å². The lowest BCUT2D eigenvalue weighted by Gasteiger charge is -2.19. The molecule has 2 aromatic carbocycles. The van der Waals surface area contributed by atoms with Gasteiger partial charge in [0.1, 0.15) is 0 Å². The number of carbonyl (C=O) groups is 3. The van der Waals surface area contributed by atoms with Crippen molar-refractivity contribution >= 4 is 17.8 Å². The molecular formula is C20H20N2O4. The van der Waals surface area contributed by atoms with Crippen molar-refractivity contribution in [2.24, 2.45) is 0 Å². The van der Waals surface area contributed by atoms with Gasteiger partial charge in [-0.05, 0) is 36.1 Å². The molecule has 6 heteroatoms. The second-order valence-electron chi connectivity index (χ2n) is 6.40. The molecule has 0 radical (unpaired) electrons. The van der Waals surface area contributed by atoms with Gasteiger partial charge in [0.15, 0.2) is 0 Å². The van der Waals surface area contributed by atoms with Crippen molar-refractivity contribution < 1.29 is 19.5 Å². The number of carbonyl (C=O) groups excluding carboxylic acids is 2. The second-order valence-corrected chi connectivity index (χ2v) is 6.40. The van der Waals surface area contributed by atoms with Crippen LogP contribution in [0.2, 0.25) is 0 Å². The molecule has 0 saturated heterocycles. The Kier molecular flexibility index (Phi) is 5.02. The van der Waals surface area contributed by atoms with Gasteiger partial charge in [0.05, 0.1) is 12.1 Å². The van der Waals surface area contributed by atoms with Gasteiger partial charge >= 0.3 is 5.97 Å². The van der Waals surface area contributed by atoms with Gasteiger partial charge in [0.2, 0.25) is 5.91 Å². The van der Waals surface area contributed by atoms with Gasteiger partial charge in [0, 0.05) is 18.7 Å². The van der Waals surface area contributed by atoms with Crippen LogP contribution >= 0.6 is 0 Å². The Labute approximate surface area is 151 Å². The normalized spacial score (nSPS) is 13.1. The Morgan fingerprint density at radius 3 is 2.12 bits per heavy atom. The van der Waals surface area contributed by atoms with E-state index in [1.165, 1.54) is 11.0 Å². The van der Waals surface area contributed by atoms with E-state index in [0.29, 0.717) is 16.7 Å². The van der Waals surface area contributed by atoms with E-state index in [1.807, 2.05) is 0 Å². The molecule has 1 aliphatic carbocycles. The molecule has 1 saturated carbocycles. The highest BCUT2D eigenvalue weighted by molar-refractivity contribution is 6.05. The lowest BCUT2D eigenvalue weighted by molar-refractivity contribution is -0.121. The summed E-state index contributed by atoms with van der Waals surface area (Å²) in [6, 6.07) is 13.6. The molecule has 2 aromatic rings. The lowest BCUT2D eigenvalue weighted by Crippen LogP contribution is -2.39. The van der Waals surface area contributed by atoms with E-state index in [-0.39, 0.29) is 30.0 Å². The van der Waals surface area contributed by atoms with Crippen LogP contribution in [0, 0.1) is 0 Å². The predicted molar refractivity (Wildman–Crippen MR) is 97.0 cm³/mol. The van der Waals surface area contributed by atoms with Crippen molar-refractivity contribution in [2.45, 2.75) is 18.9 Å². The number of nitrogens with one attached hydrogen (secondary N) is 1. The number of carboxylic acids is 1. The number of hydrogen-bond donors (Lipinski definition) is 2. The fourth-order valence-corrected chi connectivity index (χ4v) is 2.80. The zero-order valence-electron chi connectivity index (χ0n) is 14.4. The van der Waals surface area contributed by atoms with Crippen LogP contribution in [0.1, 0.15) is 33.6 Å². The van der Waals surface area contributed by atoms with Crippen LogP contribution < -0.4 is 5.32 Å². The summed E-state index contributed by atoms with van der Waals surface area (Å²) in [4.78, 5) is 37.7. The highest BCUT2D eigenvalue weighted by Crippen LogP contribution is 2.28. The second kappa shape index (κ2) is 7.39. The molecule has 0 aliphatic heterocycles. The Bertz CT molecular complexity index is 858. The van der Waals surface area contributed by atoms with Crippen molar-refractivity contribution in [2.75, 3.05) is 13.6 Å². The van der Waals surface area contributed by atoms with Crippen molar-refractivity contribution in [3.05, 3.63) is 59.7 Å². The van der Waals surface area contributed by atoms with E-state index in [9.17, 15) is 19.5 Å². The van der Waals surface area contributed by atoms with Gasteiger partial charge in [-0.3, -0.25) is 9.59 Å². The number of amides is 2. The molecule has 26 heavy (non-hydrogen) atoms. The van der Waals surface area contributed by atoms with E-state index in [4.69, 9.17) is 0 Å². The third-order valence-electron chi connectivity index (χ3n) is 4.28. The Balaban J connectivity index is 1.88. The minimum atomic E-state index is -1.06. The van der Waals surface area contributed by atoms with Gasteiger partial charge in [-0.15, -0.1) is 0 Å². The highest BCUT2D eigenvalue weighted by atomic mass is 16.4. The topological polar surface area (TPSA) is 86.7 Å². The molecule has 0 atom stereocenters. The zero-order valence-corrected chi connectivity index (χ0v) is 14.4. The predicted octanol–water partition coefficient (Wildman–Crippen LogP) is 2.40. The Morgan fingerprint density at radius 2 is 1.54 bits per heavy atom. The van der Waals surface area contributed by atoms with E-state index in [1.54, 1.807) is 49.5 Å². The first kappa shape index (κ1) is 17.7. The molecule has 0 bridgehead atoms. The number of hydrogen-bond acceptors (Lipinski definition) is 3. The van der Waals surface area contributed by atoms with Gasteiger partial charge in [-0.25, -0.2) is 4.79 Å². The number of benzene rings is 2.